The van der Waals surface area contributed by atoms with Crippen LogP contribution < -0.4 is 5.32 Å². The number of carbonyl (C=O) groups excluding carboxylic acids is 2. The number of hydrogen-bond donors (Lipinski definition) is 1. The highest BCUT2D eigenvalue weighted by Gasteiger charge is 2.22. The molecule has 1 aliphatic rings. The number of amides is 2. The van der Waals surface area contributed by atoms with Gasteiger partial charge in [-0.1, -0.05) is 36.4 Å². The van der Waals surface area contributed by atoms with Gasteiger partial charge in [0.15, 0.2) is 5.76 Å². The molecule has 2 amide bonds. The van der Waals surface area contributed by atoms with E-state index in [1.807, 2.05) is 41.5 Å². The van der Waals surface area contributed by atoms with Gasteiger partial charge in [0, 0.05) is 53.8 Å². The fourth-order valence-corrected chi connectivity index (χ4v) is 5.49. The highest BCUT2D eigenvalue weighted by Crippen LogP contribution is 2.33. The summed E-state index contributed by atoms with van der Waals surface area (Å²) in [6.45, 7) is 3.70. The molecule has 3 aromatic rings. The van der Waals surface area contributed by atoms with E-state index in [2.05, 4.69) is 10.3 Å². The Morgan fingerprint density at radius 3 is 3.00 bits per heavy atom. The molecule has 0 atom stereocenters. The Kier molecular flexibility index (Phi) is 6.74. The maximum atomic E-state index is 12.9. The monoisotopic (exact) mass is 443 g/mol. The van der Waals surface area contributed by atoms with Crippen LogP contribution in [0.5, 0.6) is 0 Å². The van der Waals surface area contributed by atoms with Crippen molar-refractivity contribution in [2.45, 2.75) is 42.7 Å². The fourth-order valence-electron chi connectivity index (χ4n) is 3.62. The van der Waals surface area contributed by atoms with Crippen LogP contribution >= 0.6 is 23.1 Å². The number of benzene rings is 1. The van der Waals surface area contributed by atoms with Gasteiger partial charge in [0.2, 0.25) is 5.91 Å². The fraction of sp³-hybridized carbons (Fsp3) is 0.409. The number of para-hydroxylation sites is 1. The van der Waals surface area contributed by atoms with Crippen molar-refractivity contribution in [2.75, 3.05) is 19.6 Å². The van der Waals surface area contributed by atoms with E-state index in [1.165, 1.54) is 0 Å². The van der Waals surface area contributed by atoms with Crippen molar-refractivity contribution >= 4 is 45.9 Å². The molecule has 1 N–H and O–H groups in total. The van der Waals surface area contributed by atoms with Crippen LogP contribution in [0.4, 0.5) is 0 Å². The van der Waals surface area contributed by atoms with Gasteiger partial charge in [0.1, 0.15) is 9.92 Å². The molecule has 8 heteroatoms. The third kappa shape index (κ3) is 4.87. The molecule has 0 bridgehead atoms. The predicted octanol–water partition coefficient (Wildman–Crippen LogP) is 4.62. The number of carbonyl (C=O) groups is 2. The molecule has 1 fully saturated rings. The van der Waals surface area contributed by atoms with E-state index >= 15 is 0 Å². The zero-order chi connectivity index (χ0) is 20.9. The van der Waals surface area contributed by atoms with Gasteiger partial charge in [0.25, 0.3) is 5.91 Å². The number of aromatic nitrogens is 1. The van der Waals surface area contributed by atoms with E-state index in [4.69, 9.17) is 4.42 Å². The van der Waals surface area contributed by atoms with E-state index in [1.54, 1.807) is 23.1 Å². The summed E-state index contributed by atoms with van der Waals surface area (Å²) in [5.74, 6) is 0.900. The smallest absolute Gasteiger partial charge is 0.287 e. The van der Waals surface area contributed by atoms with Crippen molar-refractivity contribution < 1.29 is 14.0 Å². The summed E-state index contributed by atoms with van der Waals surface area (Å²) in [6.07, 6.45) is 3.68. The predicted molar refractivity (Wildman–Crippen MR) is 120 cm³/mol. The van der Waals surface area contributed by atoms with Gasteiger partial charge in [-0.2, -0.15) is 0 Å². The van der Waals surface area contributed by atoms with Crippen LogP contribution in [-0.2, 0) is 10.5 Å². The summed E-state index contributed by atoms with van der Waals surface area (Å²) in [7, 11) is 0. The number of thioether (sulfide) groups is 1. The number of thiazole rings is 1. The molecule has 1 saturated heterocycles. The molecule has 2 aromatic heterocycles. The van der Waals surface area contributed by atoms with E-state index in [9.17, 15) is 9.59 Å². The van der Waals surface area contributed by atoms with Crippen molar-refractivity contribution in [1.82, 2.24) is 15.2 Å². The second kappa shape index (κ2) is 9.66. The number of nitrogens with zero attached hydrogens (tertiary/aromatic N) is 2. The molecule has 0 unspecified atom stereocenters. The first-order chi connectivity index (χ1) is 14.6. The first-order valence-corrected chi connectivity index (χ1v) is 12.1. The lowest BCUT2D eigenvalue weighted by molar-refractivity contribution is -0.130. The summed E-state index contributed by atoms with van der Waals surface area (Å²) in [5.41, 5.74) is 2.59. The molecule has 0 aliphatic carbocycles. The van der Waals surface area contributed by atoms with Crippen LogP contribution in [0.15, 0.2) is 38.4 Å². The summed E-state index contributed by atoms with van der Waals surface area (Å²) >= 11 is 3.21. The van der Waals surface area contributed by atoms with Gasteiger partial charge < -0.3 is 14.6 Å². The zero-order valence-electron chi connectivity index (χ0n) is 17.0. The molecule has 6 nitrogen and oxygen atoms in total. The normalized spacial score (nSPS) is 14.8. The first kappa shape index (κ1) is 20.9. The highest BCUT2D eigenvalue weighted by atomic mass is 32.2. The Morgan fingerprint density at radius 1 is 1.30 bits per heavy atom. The largest absolute Gasteiger partial charge is 0.451 e. The minimum atomic E-state index is -0.237. The Labute approximate surface area is 184 Å². The van der Waals surface area contributed by atoms with Crippen LogP contribution in [0.25, 0.3) is 11.0 Å². The summed E-state index contributed by atoms with van der Waals surface area (Å²) in [4.78, 5) is 31.4. The average Bonchev–Trinajstić information content (AvgIpc) is 3.26. The summed E-state index contributed by atoms with van der Waals surface area (Å²) < 4.78 is 6.89. The van der Waals surface area contributed by atoms with Crippen molar-refractivity contribution in [3.8, 4) is 0 Å². The second-order valence-electron chi connectivity index (χ2n) is 7.40. The second-order valence-corrected chi connectivity index (χ2v) is 9.48. The molecule has 4 rings (SSSR count). The molecule has 0 spiro atoms. The Morgan fingerprint density at radius 2 is 2.17 bits per heavy atom. The average molecular weight is 444 g/mol. The van der Waals surface area contributed by atoms with Gasteiger partial charge in [-0.25, -0.2) is 4.98 Å². The summed E-state index contributed by atoms with van der Waals surface area (Å²) in [5, 5.41) is 5.91. The van der Waals surface area contributed by atoms with E-state index in [0.29, 0.717) is 36.6 Å². The molecular formula is C22H25N3O3S2. The van der Waals surface area contributed by atoms with Crippen molar-refractivity contribution in [2.24, 2.45) is 0 Å². The van der Waals surface area contributed by atoms with Gasteiger partial charge in [-0.15, -0.1) is 11.3 Å². The first-order valence-electron chi connectivity index (χ1n) is 10.2. The van der Waals surface area contributed by atoms with Crippen molar-refractivity contribution in [1.29, 1.82) is 0 Å². The SMILES string of the molecule is Cc1csc(SCc2c(C(=O)NCCN3CCCCCC3=O)oc3ccccc23)n1. The Balaban J connectivity index is 1.45. The maximum Gasteiger partial charge on any atom is 0.287 e. The third-order valence-electron chi connectivity index (χ3n) is 5.18. The standard InChI is InChI=1S/C22H25N3O3S2/c1-15-13-29-22(24-15)30-14-17-16-7-4-5-8-18(16)28-20(17)21(27)23-10-12-25-11-6-2-3-9-19(25)26/h4-5,7-8,13H,2-3,6,9-12,14H2,1H3,(H,23,27). The van der Waals surface area contributed by atoms with Gasteiger partial charge >= 0.3 is 0 Å². The van der Waals surface area contributed by atoms with Gasteiger partial charge in [-0.05, 0) is 25.8 Å². The zero-order valence-corrected chi connectivity index (χ0v) is 18.6. The Bertz CT molecular complexity index is 1040. The van der Waals surface area contributed by atoms with Crippen LogP contribution in [0.3, 0.4) is 0 Å². The lowest BCUT2D eigenvalue weighted by Crippen LogP contribution is -2.38. The molecule has 1 aromatic carbocycles. The molecule has 30 heavy (non-hydrogen) atoms. The third-order valence-corrected chi connectivity index (χ3v) is 7.35. The van der Waals surface area contributed by atoms with E-state index in [-0.39, 0.29) is 11.8 Å². The molecule has 0 saturated carbocycles. The molecule has 0 radical (unpaired) electrons. The van der Waals surface area contributed by atoms with Crippen LogP contribution in [-0.4, -0.2) is 41.3 Å². The Hall–Kier alpha value is -2.32. The minimum Gasteiger partial charge on any atom is -0.451 e. The lowest BCUT2D eigenvalue weighted by Gasteiger charge is -2.20. The molecule has 158 valence electrons. The number of rotatable bonds is 7. The quantitative estimate of drug-likeness (QED) is 0.539. The van der Waals surface area contributed by atoms with Crippen LogP contribution in [0.1, 0.15) is 47.5 Å². The lowest BCUT2D eigenvalue weighted by atomic mass is 10.1. The summed E-state index contributed by atoms with van der Waals surface area (Å²) in [6, 6.07) is 7.71. The van der Waals surface area contributed by atoms with Crippen molar-refractivity contribution in [3.63, 3.8) is 0 Å². The number of hydrogen-bond acceptors (Lipinski definition) is 6. The highest BCUT2D eigenvalue weighted by molar-refractivity contribution is 8.00. The van der Waals surface area contributed by atoms with Crippen LogP contribution in [0, 0.1) is 6.92 Å². The number of furan rings is 1. The topological polar surface area (TPSA) is 75.4 Å². The number of aryl methyl sites for hydroxylation is 1. The van der Waals surface area contributed by atoms with E-state index < -0.39 is 0 Å². The maximum absolute atomic E-state index is 12.9. The number of likely N-dealkylation sites (tertiary alicyclic amines) is 1. The molecular weight excluding hydrogens is 418 g/mol. The number of nitrogens with one attached hydrogen (secondary N) is 1. The van der Waals surface area contributed by atoms with E-state index in [0.717, 1.165) is 46.8 Å². The molecule has 1 aliphatic heterocycles. The van der Waals surface area contributed by atoms with Gasteiger partial charge in [0.05, 0.1) is 0 Å². The molecule has 3 heterocycles. The van der Waals surface area contributed by atoms with Crippen LogP contribution in [0.2, 0.25) is 0 Å². The minimum absolute atomic E-state index is 0.182. The van der Waals surface area contributed by atoms with Gasteiger partial charge in [-0.3, -0.25) is 9.59 Å². The number of fused-ring (bicyclic) bond motifs is 1. The van der Waals surface area contributed by atoms with Crippen molar-refractivity contribution in [3.05, 3.63) is 46.7 Å².